The van der Waals surface area contributed by atoms with Crippen molar-refractivity contribution in [3.05, 3.63) is 12.2 Å². The summed E-state index contributed by atoms with van der Waals surface area (Å²) in [6.45, 7) is 0.713. The minimum absolute atomic E-state index is 0.667. The zero-order valence-corrected chi connectivity index (χ0v) is 5.55. The summed E-state index contributed by atoms with van der Waals surface area (Å²) < 4.78 is 0. The van der Waals surface area contributed by atoms with Crippen LogP contribution in [0, 0.1) is 5.92 Å². The zero-order chi connectivity index (χ0) is 6.53. The molecule has 2 nitrogen and oxygen atoms in total. The van der Waals surface area contributed by atoms with Crippen molar-refractivity contribution in [2.24, 2.45) is 11.8 Å². The second-order valence-corrected chi connectivity index (χ2v) is 2.48. The second-order valence-electron chi connectivity index (χ2n) is 2.48. The van der Waals surface area contributed by atoms with Gasteiger partial charge in [-0.1, -0.05) is 12.2 Å². The minimum atomic E-state index is 0.667. The predicted octanol–water partition coefficient (Wildman–Crippen LogP) is 1.23. The van der Waals surface area contributed by atoms with Gasteiger partial charge in [-0.2, -0.15) is 0 Å². The Balaban J connectivity index is 2.18. The highest BCUT2D eigenvalue weighted by atomic mass is 16.6. The summed E-state index contributed by atoms with van der Waals surface area (Å²) in [5, 5.41) is 0. The van der Waals surface area contributed by atoms with Crippen molar-refractivity contribution in [3.63, 3.8) is 0 Å². The molecule has 1 atom stereocenters. The Kier molecular flexibility index (Phi) is 2.74. The molecule has 1 rings (SSSR count). The fourth-order valence-corrected chi connectivity index (χ4v) is 1.14. The van der Waals surface area contributed by atoms with Gasteiger partial charge in [-0.3, -0.25) is 0 Å². The van der Waals surface area contributed by atoms with E-state index in [9.17, 15) is 0 Å². The number of allylic oxidation sites excluding steroid dienone is 2. The molecule has 1 aliphatic carbocycles. The molecule has 0 saturated carbocycles. The molecule has 0 amide bonds. The fraction of sp³-hybridized carbons (Fsp3) is 0.714. The summed E-state index contributed by atoms with van der Waals surface area (Å²) in [5.74, 6) is 5.60. The quantitative estimate of drug-likeness (QED) is 0.447. The van der Waals surface area contributed by atoms with Gasteiger partial charge in [0, 0.05) is 0 Å². The van der Waals surface area contributed by atoms with E-state index in [-0.39, 0.29) is 0 Å². The van der Waals surface area contributed by atoms with Crippen molar-refractivity contribution in [1.82, 2.24) is 0 Å². The standard InChI is InChI=1S/C7H13NO/c8-9-6-7-4-2-1-3-5-7/h1-2,7H,3-6,8H2. The predicted molar refractivity (Wildman–Crippen MR) is 36.6 cm³/mol. The maximum absolute atomic E-state index is 4.94. The lowest BCUT2D eigenvalue weighted by molar-refractivity contribution is 0.0978. The second kappa shape index (κ2) is 3.64. The Bertz CT molecular complexity index is 101. The molecule has 0 bridgehead atoms. The van der Waals surface area contributed by atoms with Crippen molar-refractivity contribution in [2.45, 2.75) is 19.3 Å². The normalized spacial score (nSPS) is 26.6. The van der Waals surface area contributed by atoms with Crippen LogP contribution >= 0.6 is 0 Å². The largest absolute Gasteiger partial charge is 0.304 e. The molecule has 1 aliphatic rings. The van der Waals surface area contributed by atoms with Gasteiger partial charge >= 0.3 is 0 Å². The first-order valence-electron chi connectivity index (χ1n) is 3.40. The molecule has 9 heavy (non-hydrogen) atoms. The fourth-order valence-electron chi connectivity index (χ4n) is 1.14. The van der Waals surface area contributed by atoms with E-state index in [0.717, 1.165) is 6.42 Å². The van der Waals surface area contributed by atoms with Gasteiger partial charge in [0.1, 0.15) is 0 Å². The third kappa shape index (κ3) is 2.16. The van der Waals surface area contributed by atoms with E-state index >= 15 is 0 Å². The van der Waals surface area contributed by atoms with Gasteiger partial charge in [-0.25, -0.2) is 5.90 Å². The summed E-state index contributed by atoms with van der Waals surface area (Å²) in [7, 11) is 0. The maximum atomic E-state index is 4.94. The van der Waals surface area contributed by atoms with Crippen molar-refractivity contribution in [3.8, 4) is 0 Å². The highest BCUT2D eigenvalue weighted by Crippen LogP contribution is 2.17. The van der Waals surface area contributed by atoms with Crippen LogP contribution in [0.4, 0.5) is 0 Å². The van der Waals surface area contributed by atoms with Crippen LogP contribution < -0.4 is 5.90 Å². The Hall–Kier alpha value is -0.340. The topological polar surface area (TPSA) is 35.2 Å². The van der Waals surface area contributed by atoms with E-state index in [1.165, 1.54) is 12.8 Å². The zero-order valence-electron chi connectivity index (χ0n) is 5.55. The molecular formula is C7H13NO. The van der Waals surface area contributed by atoms with Gasteiger partial charge in [-0.05, 0) is 25.2 Å². The summed E-state index contributed by atoms with van der Waals surface area (Å²) in [6.07, 6.45) is 7.97. The van der Waals surface area contributed by atoms with Crippen LogP contribution in [0.5, 0.6) is 0 Å². The highest BCUT2D eigenvalue weighted by molar-refractivity contribution is 4.89. The van der Waals surface area contributed by atoms with Gasteiger partial charge in [-0.15, -0.1) is 0 Å². The molecule has 0 aliphatic heterocycles. The van der Waals surface area contributed by atoms with Gasteiger partial charge in [0.25, 0.3) is 0 Å². The van der Waals surface area contributed by atoms with Crippen LogP contribution in [0.25, 0.3) is 0 Å². The number of hydrogen-bond donors (Lipinski definition) is 1. The van der Waals surface area contributed by atoms with Gasteiger partial charge < -0.3 is 4.84 Å². The van der Waals surface area contributed by atoms with Gasteiger partial charge in [0.15, 0.2) is 0 Å². The molecule has 0 aromatic carbocycles. The SMILES string of the molecule is NOCC1CC=CCC1. The van der Waals surface area contributed by atoms with Crippen LogP contribution in [0.1, 0.15) is 19.3 Å². The molecule has 2 heteroatoms. The number of nitrogens with two attached hydrogens (primary N) is 1. The van der Waals surface area contributed by atoms with Crippen LogP contribution in [0.2, 0.25) is 0 Å². The average Bonchev–Trinajstić information content (AvgIpc) is 1.91. The number of hydrogen-bond acceptors (Lipinski definition) is 2. The van der Waals surface area contributed by atoms with E-state index < -0.39 is 0 Å². The molecule has 0 aromatic heterocycles. The highest BCUT2D eigenvalue weighted by Gasteiger charge is 2.08. The summed E-state index contributed by atoms with van der Waals surface area (Å²) >= 11 is 0. The maximum Gasteiger partial charge on any atom is 0.0710 e. The van der Waals surface area contributed by atoms with Crippen molar-refractivity contribution < 1.29 is 4.84 Å². The van der Waals surface area contributed by atoms with Crippen LogP contribution in [-0.4, -0.2) is 6.61 Å². The first kappa shape index (κ1) is 6.78. The van der Waals surface area contributed by atoms with Crippen LogP contribution in [-0.2, 0) is 4.84 Å². The molecule has 52 valence electrons. The van der Waals surface area contributed by atoms with E-state index in [0.29, 0.717) is 12.5 Å². The molecule has 1 unspecified atom stereocenters. The summed E-state index contributed by atoms with van der Waals surface area (Å²) in [5.41, 5.74) is 0. The van der Waals surface area contributed by atoms with Crippen LogP contribution in [0.3, 0.4) is 0 Å². The minimum Gasteiger partial charge on any atom is -0.304 e. The van der Waals surface area contributed by atoms with E-state index in [4.69, 9.17) is 5.90 Å². The molecule has 2 N–H and O–H groups in total. The van der Waals surface area contributed by atoms with Crippen molar-refractivity contribution in [1.29, 1.82) is 0 Å². The molecule has 0 heterocycles. The molecule has 0 radical (unpaired) electrons. The van der Waals surface area contributed by atoms with E-state index in [1.807, 2.05) is 0 Å². The van der Waals surface area contributed by atoms with Crippen molar-refractivity contribution >= 4 is 0 Å². The first-order chi connectivity index (χ1) is 4.43. The molecule has 0 fully saturated rings. The molecule has 0 spiro atoms. The van der Waals surface area contributed by atoms with Crippen molar-refractivity contribution in [2.75, 3.05) is 6.61 Å². The number of rotatable bonds is 2. The van der Waals surface area contributed by atoms with Gasteiger partial charge in [0.2, 0.25) is 0 Å². The first-order valence-corrected chi connectivity index (χ1v) is 3.40. The lowest BCUT2D eigenvalue weighted by Gasteiger charge is -2.15. The lowest BCUT2D eigenvalue weighted by Crippen LogP contribution is -2.13. The Morgan fingerprint density at radius 1 is 1.56 bits per heavy atom. The Morgan fingerprint density at radius 2 is 2.44 bits per heavy atom. The van der Waals surface area contributed by atoms with Crippen LogP contribution in [0.15, 0.2) is 12.2 Å². The van der Waals surface area contributed by atoms with Gasteiger partial charge in [0.05, 0.1) is 6.61 Å². The van der Waals surface area contributed by atoms with E-state index in [2.05, 4.69) is 17.0 Å². The third-order valence-electron chi connectivity index (χ3n) is 1.71. The Labute approximate surface area is 55.6 Å². The van der Waals surface area contributed by atoms with E-state index in [1.54, 1.807) is 0 Å². The molecular weight excluding hydrogens is 114 g/mol. The Morgan fingerprint density at radius 3 is 3.00 bits per heavy atom. The average molecular weight is 127 g/mol. The molecule has 0 saturated heterocycles. The summed E-state index contributed by atoms with van der Waals surface area (Å²) in [4.78, 5) is 4.55. The smallest absolute Gasteiger partial charge is 0.0710 e. The lowest BCUT2D eigenvalue weighted by atomic mass is 9.96. The summed E-state index contributed by atoms with van der Waals surface area (Å²) in [6, 6.07) is 0. The third-order valence-corrected chi connectivity index (χ3v) is 1.71. The monoisotopic (exact) mass is 127 g/mol. The molecule has 0 aromatic rings.